The average molecular weight is 338 g/mol. The molecule has 25 heavy (non-hydrogen) atoms. The van der Waals surface area contributed by atoms with Gasteiger partial charge in [-0.2, -0.15) is 0 Å². The van der Waals surface area contributed by atoms with E-state index in [4.69, 9.17) is 0 Å². The Labute approximate surface area is 149 Å². The number of carbonyl (C=O) groups excluding carboxylic acids is 2. The minimum atomic E-state index is -0.0586. The number of amides is 2. The van der Waals surface area contributed by atoms with Crippen LogP contribution in [0.4, 0.5) is 0 Å². The molecule has 2 aromatic rings. The predicted octanol–water partition coefficient (Wildman–Crippen LogP) is 3.47. The molecule has 0 atom stereocenters. The van der Waals surface area contributed by atoms with Crippen molar-refractivity contribution in [2.75, 3.05) is 13.1 Å². The monoisotopic (exact) mass is 338 g/mol. The topological polar surface area (TPSA) is 58.2 Å². The highest BCUT2D eigenvalue weighted by Crippen LogP contribution is 2.13. The summed E-state index contributed by atoms with van der Waals surface area (Å²) in [5.41, 5.74) is 5.37. The lowest BCUT2D eigenvalue weighted by Gasteiger charge is -2.12. The Hall–Kier alpha value is -2.62. The minimum Gasteiger partial charge on any atom is -0.352 e. The molecule has 0 radical (unpaired) electrons. The van der Waals surface area contributed by atoms with E-state index in [1.54, 1.807) is 0 Å². The normalized spacial score (nSPS) is 10.4. The van der Waals surface area contributed by atoms with Gasteiger partial charge in [0, 0.05) is 24.2 Å². The molecule has 0 heterocycles. The molecule has 0 fully saturated rings. The smallest absolute Gasteiger partial charge is 0.251 e. The first-order valence-corrected chi connectivity index (χ1v) is 8.60. The molecule has 0 aliphatic heterocycles. The van der Waals surface area contributed by atoms with Crippen LogP contribution in [-0.2, 0) is 0 Å². The lowest BCUT2D eigenvalue weighted by molar-refractivity contribution is 0.0950. The molecular weight excluding hydrogens is 312 g/mol. The summed E-state index contributed by atoms with van der Waals surface area (Å²) in [5.74, 6) is -0.117. The van der Waals surface area contributed by atoms with E-state index >= 15 is 0 Å². The number of benzene rings is 2. The number of rotatable bonds is 6. The number of hydrogen-bond acceptors (Lipinski definition) is 2. The molecule has 0 aliphatic carbocycles. The standard InChI is InChI=1S/C21H26N2O2/c1-14-8-5-9-15(2)18(14)20(24)22-12-7-13-23-21(25)19-16(3)10-6-11-17(19)4/h5-6,8-11H,7,12-13H2,1-4H3,(H,22,24)(H,23,25). The molecule has 0 saturated heterocycles. The van der Waals surface area contributed by atoms with Crippen molar-refractivity contribution in [1.82, 2.24) is 10.6 Å². The predicted molar refractivity (Wildman–Crippen MR) is 101 cm³/mol. The Bertz CT molecular complexity index is 675. The fraction of sp³-hybridized carbons (Fsp3) is 0.333. The maximum atomic E-state index is 12.3. The van der Waals surface area contributed by atoms with E-state index in [-0.39, 0.29) is 11.8 Å². The first-order chi connectivity index (χ1) is 11.9. The van der Waals surface area contributed by atoms with Crippen LogP contribution < -0.4 is 10.6 Å². The van der Waals surface area contributed by atoms with Gasteiger partial charge in [0.25, 0.3) is 11.8 Å². The summed E-state index contributed by atoms with van der Waals surface area (Å²) in [7, 11) is 0. The van der Waals surface area contributed by atoms with Crippen molar-refractivity contribution in [3.8, 4) is 0 Å². The second-order valence-electron chi connectivity index (χ2n) is 6.40. The Morgan fingerprint density at radius 3 is 1.32 bits per heavy atom. The highest BCUT2D eigenvalue weighted by atomic mass is 16.2. The van der Waals surface area contributed by atoms with Crippen LogP contribution in [0.1, 0.15) is 49.4 Å². The molecule has 4 heteroatoms. The molecule has 2 amide bonds. The van der Waals surface area contributed by atoms with E-state index < -0.39 is 0 Å². The summed E-state index contributed by atoms with van der Waals surface area (Å²) < 4.78 is 0. The van der Waals surface area contributed by atoms with E-state index in [1.807, 2.05) is 64.1 Å². The van der Waals surface area contributed by atoms with Gasteiger partial charge in [-0.3, -0.25) is 9.59 Å². The van der Waals surface area contributed by atoms with E-state index in [0.29, 0.717) is 19.5 Å². The third-order valence-electron chi connectivity index (χ3n) is 4.34. The highest BCUT2D eigenvalue weighted by molar-refractivity contribution is 5.97. The van der Waals surface area contributed by atoms with Crippen LogP contribution in [0.2, 0.25) is 0 Å². The number of nitrogens with one attached hydrogen (secondary N) is 2. The Kier molecular flexibility index (Phi) is 6.34. The number of hydrogen-bond donors (Lipinski definition) is 2. The van der Waals surface area contributed by atoms with Gasteiger partial charge in [0.05, 0.1) is 0 Å². The van der Waals surface area contributed by atoms with E-state index in [1.165, 1.54) is 0 Å². The third-order valence-corrected chi connectivity index (χ3v) is 4.34. The molecular formula is C21H26N2O2. The van der Waals surface area contributed by atoms with E-state index in [2.05, 4.69) is 10.6 Å². The SMILES string of the molecule is Cc1cccc(C)c1C(=O)NCCCNC(=O)c1c(C)cccc1C. The Morgan fingerprint density at radius 2 is 1.00 bits per heavy atom. The molecule has 0 spiro atoms. The Morgan fingerprint density at radius 1 is 0.680 bits per heavy atom. The first-order valence-electron chi connectivity index (χ1n) is 8.60. The van der Waals surface area contributed by atoms with Crippen LogP contribution in [-0.4, -0.2) is 24.9 Å². The summed E-state index contributed by atoms with van der Waals surface area (Å²) in [4.78, 5) is 24.6. The van der Waals surface area contributed by atoms with Gasteiger partial charge >= 0.3 is 0 Å². The summed E-state index contributed by atoms with van der Waals surface area (Å²) in [6.07, 6.45) is 0.688. The zero-order chi connectivity index (χ0) is 18.4. The summed E-state index contributed by atoms with van der Waals surface area (Å²) >= 11 is 0. The van der Waals surface area contributed by atoms with Crippen molar-refractivity contribution in [1.29, 1.82) is 0 Å². The highest BCUT2D eigenvalue weighted by Gasteiger charge is 2.12. The fourth-order valence-electron chi connectivity index (χ4n) is 3.01. The Balaban J connectivity index is 1.80. The van der Waals surface area contributed by atoms with E-state index in [0.717, 1.165) is 33.4 Å². The number of carbonyl (C=O) groups is 2. The van der Waals surface area contributed by atoms with Crippen molar-refractivity contribution in [3.05, 3.63) is 69.8 Å². The molecule has 0 unspecified atom stereocenters. The van der Waals surface area contributed by atoms with Crippen LogP contribution in [0.5, 0.6) is 0 Å². The second-order valence-corrected chi connectivity index (χ2v) is 6.40. The molecule has 0 aliphatic rings. The van der Waals surface area contributed by atoms with Crippen molar-refractivity contribution < 1.29 is 9.59 Å². The van der Waals surface area contributed by atoms with Crippen LogP contribution in [0.3, 0.4) is 0 Å². The molecule has 4 nitrogen and oxygen atoms in total. The van der Waals surface area contributed by atoms with E-state index in [9.17, 15) is 9.59 Å². The van der Waals surface area contributed by atoms with Gasteiger partial charge in [-0.1, -0.05) is 36.4 Å². The molecule has 2 aromatic carbocycles. The summed E-state index contributed by atoms with van der Waals surface area (Å²) in [6.45, 7) is 8.80. The first kappa shape index (κ1) is 18.7. The quantitative estimate of drug-likeness (QED) is 0.792. The van der Waals surface area contributed by atoms with Gasteiger partial charge in [-0.15, -0.1) is 0 Å². The lowest BCUT2D eigenvalue weighted by atomic mass is 10.0. The van der Waals surface area contributed by atoms with Gasteiger partial charge in [0.15, 0.2) is 0 Å². The van der Waals surface area contributed by atoms with Crippen molar-refractivity contribution in [2.45, 2.75) is 34.1 Å². The summed E-state index contributed by atoms with van der Waals surface area (Å²) in [6, 6.07) is 11.6. The largest absolute Gasteiger partial charge is 0.352 e. The van der Waals surface area contributed by atoms with Gasteiger partial charge < -0.3 is 10.6 Å². The van der Waals surface area contributed by atoms with Crippen LogP contribution in [0.25, 0.3) is 0 Å². The van der Waals surface area contributed by atoms with Crippen molar-refractivity contribution in [3.63, 3.8) is 0 Å². The third kappa shape index (κ3) is 4.69. The molecule has 0 saturated carbocycles. The van der Waals surface area contributed by atoms with Crippen LogP contribution in [0.15, 0.2) is 36.4 Å². The average Bonchev–Trinajstić information content (AvgIpc) is 2.54. The molecule has 2 rings (SSSR count). The maximum Gasteiger partial charge on any atom is 0.251 e. The zero-order valence-electron chi connectivity index (χ0n) is 15.4. The van der Waals surface area contributed by atoms with Gasteiger partial charge in [0.2, 0.25) is 0 Å². The molecule has 0 bridgehead atoms. The van der Waals surface area contributed by atoms with Gasteiger partial charge in [-0.25, -0.2) is 0 Å². The molecule has 0 aromatic heterocycles. The van der Waals surface area contributed by atoms with Crippen molar-refractivity contribution in [2.24, 2.45) is 0 Å². The summed E-state index contributed by atoms with van der Waals surface area (Å²) in [5, 5.41) is 5.85. The van der Waals surface area contributed by atoms with Crippen LogP contribution >= 0.6 is 0 Å². The maximum absolute atomic E-state index is 12.3. The number of aryl methyl sites for hydroxylation is 4. The lowest BCUT2D eigenvalue weighted by Crippen LogP contribution is -2.31. The minimum absolute atomic E-state index is 0.0586. The molecule has 132 valence electrons. The second kappa shape index (κ2) is 8.47. The zero-order valence-corrected chi connectivity index (χ0v) is 15.4. The fourth-order valence-corrected chi connectivity index (χ4v) is 3.01. The van der Waals surface area contributed by atoms with Gasteiger partial charge in [-0.05, 0) is 56.4 Å². The van der Waals surface area contributed by atoms with Crippen LogP contribution in [0, 0.1) is 27.7 Å². The van der Waals surface area contributed by atoms with Gasteiger partial charge in [0.1, 0.15) is 0 Å². The molecule has 2 N–H and O–H groups in total. The van der Waals surface area contributed by atoms with Crippen molar-refractivity contribution >= 4 is 11.8 Å².